The van der Waals surface area contributed by atoms with E-state index in [2.05, 4.69) is 0 Å². The summed E-state index contributed by atoms with van der Waals surface area (Å²) in [6.45, 7) is 4.67. The fourth-order valence-corrected chi connectivity index (χ4v) is 3.90. The monoisotopic (exact) mass is 264 g/mol. The topological polar surface area (TPSA) is 42.6 Å². The van der Waals surface area contributed by atoms with Crippen molar-refractivity contribution in [2.75, 3.05) is 6.61 Å². The molecule has 1 aliphatic heterocycles. The first-order valence-corrected chi connectivity index (χ1v) is 7.49. The maximum atomic E-state index is 10.7. The van der Waals surface area contributed by atoms with Crippen LogP contribution in [0, 0.1) is 19.8 Å². The number of hydrogen-bond acceptors (Lipinski definition) is 3. The largest absolute Gasteiger partial charge is 0.466 e. The van der Waals surface area contributed by atoms with Crippen LogP contribution in [0.25, 0.3) is 0 Å². The van der Waals surface area contributed by atoms with E-state index >= 15 is 0 Å². The summed E-state index contributed by atoms with van der Waals surface area (Å²) in [5.74, 6) is 2.05. The molecule has 2 unspecified atom stereocenters. The third kappa shape index (κ3) is 2.46. The van der Waals surface area contributed by atoms with E-state index in [-0.39, 0.29) is 5.60 Å². The van der Waals surface area contributed by atoms with E-state index in [1.807, 2.05) is 19.9 Å². The first kappa shape index (κ1) is 13.2. The molecule has 2 fully saturated rings. The molecular formula is C16H24O3. The van der Waals surface area contributed by atoms with Gasteiger partial charge in [0.15, 0.2) is 0 Å². The van der Waals surface area contributed by atoms with E-state index in [0.29, 0.717) is 5.92 Å². The van der Waals surface area contributed by atoms with Crippen LogP contribution in [0.2, 0.25) is 0 Å². The van der Waals surface area contributed by atoms with Gasteiger partial charge in [-0.3, -0.25) is 0 Å². The van der Waals surface area contributed by atoms with Crippen molar-refractivity contribution in [3.8, 4) is 0 Å². The predicted molar refractivity (Wildman–Crippen MR) is 73.0 cm³/mol. The lowest BCUT2D eigenvalue weighted by Gasteiger charge is -2.40. The SMILES string of the molecule is Cc1cc(C(O)C2CCOC3(CCCC3)C2)c(C)o1. The Bertz CT molecular complexity index is 443. The van der Waals surface area contributed by atoms with Crippen molar-refractivity contribution >= 4 is 0 Å². The van der Waals surface area contributed by atoms with Crippen molar-refractivity contribution in [1.29, 1.82) is 0 Å². The second-order valence-corrected chi connectivity index (χ2v) is 6.30. The Morgan fingerprint density at radius 2 is 2.05 bits per heavy atom. The Kier molecular flexibility index (Phi) is 3.44. The van der Waals surface area contributed by atoms with Gasteiger partial charge in [-0.05, 0) is 51.5 Å². The van der Waals surface area contributed by atoms with E-state index in [9.17, 15) is 5.11 Å². The summed E-state index contributed by atoms with van der Waals surface area (Å²) in [6, 6.07) is 1.98. The molecule has 2 aliphatic rings. The molecule has 1 saturated heterocycles. The number of ether oxygens (including phenoxy) is 1. The van der Waals surface area contributed by atoms with Crippen LogP contribution >= 0.6 is 0 Å². The van der Waals surface area contributed by atoms with Gasteiger partial charge >= 0.3 is 0 Å². The van der Waals surface area contributed by atoms with E-state index in [1.54, 1.807) is 0 Å². The molecule has 19 heavy (non-hydrogen) atoms. The highest BCUT2D eigenvalue weighted by Crippen LogP contribution is 2.45. The van der Waals surface area contributed by atoms with Crippen LogP contribution in [0.1, 0.15) is 61.7 Å². The molecule has 1 aliphatic carbocycles. The zero-order valence-electron chi connectivity index (χ0n) is 11.9. The van der Waals surface area contributed by atoms with E-state index in [4.69, 9.17) is 9.15 Å². The first-order valence-electron chi connectivity index (χ1n) is 7.49. The smallest absolute Gasteiger partial charge is 0.106 e. The van der Waals surface area contributed by atoms with Crippen molar-refractivity contribution in [1.82, 2.24) is 0 Å². The Labute approximate surface area is 115 Å². The van der Waals surface area contributed by atoms with Crippen LogP contribution in [0.15, 0.2) is 10.5 Å². The minimum absolute atomic E-state index is 0.0661. The lowest BCUT2D eigenvalue weighted by molar-refractivity contribution is -0.113. The second kappa shape index (κ2) is 4.95. The Balaban J connectivity index is 1.76. The molecule has 1 spiro atoms. The number of rotatable bonds is 2. The number of hydrogen-bond donors (Lipinski definition) is 1. The van der Waals surface area contributed by atoms with Crippen LogP contribution < -0.4 is 0 Å². The van der Waals surface area contributed by atoms with Gasteiger partial charge in [0.05, 0.1) is 11.7 Å². The van der Waals surface area contributed by atoms with Crippen LogP contribution in [0.4, 0.5) is 0 Å². The quantitative estimate of drug-likeness (QED) is 0.886. The summed E-state index contributed by atoms with van der Waals surface area (Å²) in [5.41, 5.74) is 1.04. The third-order valence-electron chi connectivity index (χ3n) is 4.89. The second-order valence-electron chi connectivity index (χ2n) is 6.30. The van der Waals surface area contributed by atoms with Gasteiger partial charge in [0.2, 0.25) is 0 Å². The predicted octanol–water partition coefficient (Wildman–Crippen LogP) is 3.67. The van der Waals surface area contributed by atoms with Crippen LogP contribution in [-0.4, -0.2) is 17.3 Å². The Morgan fingerprint density at radius 1 is 1.32 bits per heavy atom. The molecular weight excluding hydrogens is 240 g/mol. The highest BCUT2D eigenvalue weighted by molar-refractivity contribution is 5.23. The van der Waals surface area contributed by atoms with Gasteiger partial charge in [-0.2, -0.15) is 0 Å². The molecule has 106 valence electrons. The summed E-state index contributed by atoms with van der Waals surface area (Å²) < 4.78 is 11.6. The number of aliphatic hydroxyl groups is 1. The average Bonchev–Trinajstić information content (AvgIpc) is 2.96. The van der Waals surface area contributed by atoms with Crippen molar-refractivity contribution in [2.45, 2.75) is 64.1 Å². The molecule has 2 atom stereocenters. The maximum Gasteiger partial charge on any atom is 0.106 e. The normalized spacial score (nSPS) is 27.8. The molecule has 1 saturated carbocycles. The van der Waals surface area contributed by atoms with Gasteiger partial charge in [0, 0.05) is 12.2 Å². The molecule has 3 rings (SSSR count). The number of furan rings is 1. The van der Waals surface area contributed by atoms with Crippen molar-refractivity contribution in [2.24, 2.45) is 5.92 Å². The summed E-state index contributed by atoms with van der Waals surface area (Å²) >= 11 is 0. The number of aryl methyl sites for hydroxylation is 2. The van der Waals surface area contributed by atoms with Crippen molar-refractivity contribution in [3.63, 3.8) is 0 Å². The first-order chi connectivity index (χ1) is 9.10. The van der Waals surface area contributed by atoms with Gasteiger partial charge in [0.1, 0.15) is 11.5 Å². The molecule has 3 heteroatoms. The molecule has 1 N–H and O–H groups in total. The summed E-state index contributed by atoms with van der Waals surface area (Å²) in [4.78, 5) is 0. The van der Waals surface area contributed by atoms with E-state index in [1.165, 1.54) is 25.7 Å². The molecule has 1 aromatic heterocycles. The molecule has 1 aromatic rings. The Morgan fingerprint density at radius 3 is 2.68 bits per heavy atom. The van der Waals surface area contributed by atoms with Gasteiger partial charge in [-0.15, -0.1) is 0 Å². The van der Waals surface area contributed by atoms with Gasteiger partial charge in [-0.1, -0.05) is 12.8 Å². The summed E-state index contributed by atoms with van der Waals surface area (Å²) in [7, 11) is 0. The lowest BCUT2D eigenvalue weighted by Crippen LogP contribution is -2.39. The highest BCUT2D eigenvalue weighted by Gasteiger charge is 2.42. The van der Waals surface area contributed by atoms with Crippen LogP contribution in [0.3, 0.4) is 0 Å². The van der Waals surface area contributed by atoms with Gasteiger partial charge < -0.3 is 14.3 Å². The summed E-state index contributed by atoms with van der Waals surface area (Å²) in [6.07, 6.45) is 6.42. The van der Waals surface area contributed by atoms with Crippen LogP contribution in [0.5, 0.6) is 0 Å². The number of aliphatic hydroxyl groups excluding tert-OH is 1. The highest BCUT2D eigenvalue weighted by atomic mass is 16.5. The van der Waals surface area contributed by atoms with Crippen molar-refractivity contribution in [3.05, 3.63) is 23.2 Å². The van der Waals surface area contributed by atoms with E-state index < -0.39 is 6.10 Å². The van der Waals surface area contributed by atoms with Crippen molar-refractivity contribution < 1.29 is 14.3 Å². The fourth-order valence-electron chi connectivity index (χ4n) is 3.90. The minimum Gasteiger partial charge on any atom is -0.466 e. The maximum absolute atomic E-state index is 10.7. The fraction of sp³-hybridized carbons (Fsp3) is 0.750. The molecule has 0 bridgehead atoms. The molecule has 0 amide bonds. The molecule has 2 heterocycles. The van der Waals surface area contributed by atoms with Gasteiger partial charge in [0.25, 0.3) is 0 Å². The van der Waals surface area contributed by atoms with Gasteiger partial charge in [-0.25, -0.2) is 0 Å². The Hall–Kier alpha value is -0.800. The van der Waals surface area contributed by atoms with Crippen LogP contribution in [-0.2, 0) is 4.74 Å². The van der Waals surface area contributed by atoms with E-state index in [0.717, 1.165) is 36.5 Å². The minimum atomic E-state index is -0.404. The third-order valence-corrected chi connectivity index (χ3v) is 4.89. The summed E-state index contributed by atoms with van der Waals surface area (Å²) in [5, 5.41) is 10.7. The molecule has 0 radical (unpaired) electrons. The zero-order chi connectivity index (χ0) is 13.5. The average molecular weight is 264 g/mol. The zero-order valence-corrected chi connectivity index (χ0v) is 11.9. The lowest BCUT2D eigenvalue weighted by atomic mass is 9.80. The standard InChI is InChI=1S/C16H24O3/c1-11-9-14(12(2)19-11)15(17)13-5-8-18-16(10-13)6-3-4-7-16/h9,13,15,17H,3-8,10H2,1-2H3. The molecule has 3 nitrogen and oxygen atoms in total. The molecule has 0 aromatic carbocycles.